The molecule has 0 radical (unpaired) electrons. The quantitative estimate of drug-likeness (QED) is 0.0343. The van der Waals surface area contributed by atoms with E-state index in [0.29, 0.717) is 19.3 Å². The zero-order chi connectivity index (χ0) is 59.9. The van der Waals surface area contributed by atoms with Crippen LogP contribution in [0.2, 0.25) is 0 Å². The molecule has 0 aromatic carbocycles. The van der Waals surface area contributed by atoms with Crippen LogP contribution in [-0.4, -0.2) is 37.2 Å². The Balaban J connectivity index is 4.13. The Bertz CT molecular complexity index is 1250. The second kappa shape index (κ2) is 72.9. The average Bonchev–Trinajstić information content (AvgIpc) is 3.49. The maximum absolute atomic E-state index is 13.0. The Kier molecular flexibility index (Phi) is 71.5. The molecule has 0 heterocycles. The number of hydrogen-bond donors (Lipinski definition) is 0. The summed E-state index contributed by atoms with van der Waals surface area (Å²) in [5.41, 5.74) is 0. The average molecular weight is 1170 g/mol. The van der Waals surface area contributed by atoms with Crippen LogP contribution < -0.4 is 0 Å². The largest absolute Gasteiger partial charge is 0.462 e. The van der Waals surface area contributed by atoms with Gasteiger partial charge in [-0.2, -0.15) is 0 Å². The van der Waals surface area contributed by atoms with Gasteiger partial charge >= 0.3 is 17.9 Å². The van der Waals surface area contributed by atoms with E-state index in [1.165, 1.54) is 360 Å². The Labute approximate surface area is 520 Å². The summed E-state index contributed by atoms with van der Waals surface area (Å²) in [6.45, 7) is 6.76. The molecule has 6 nitrogen and oxygen atoms in total. The van der Waals surface area contributed by atoms with E-state index >= 15 is 0 Å². The van der Waals surface area contributed by atoms with E-state index in [-0.39, 0.29) is 31.1 Å². The van der Waals surface area contributed by atoms with Gasteiger partial charge in [0.05, 0.1) is 0 Å². The van der Waals surface area contributed by atoms with Crippen LogP contribution in [0.25, 0.3) is 0 Å². The van der Waals surface area contributed by atoms with Crippen molar-refractivity contribution in [1.29, 1.82) is 0 Å². The fourth-order valence-electron chi connectivity index (χ4n) is 12.3. The first kappa shape index (κ1) is 81.4. The van der Waals surface area contributed by atoms with Gasteiger partial charge in [-0.25, -0.2) is 0 Å². The molecule has 6 heteroatoms. The van der Waals surface area contributed by atoms with E-state index in [1.54, 1.807) is 0 Å². The predicted octanol–water partition coefficient (Wildman–Crippen LogP) is 26.6. The lowest BCUT2D eigenvalue weighted by Crippen LogP contribution is -2.30. The highest BCUT2D eigenvalue weighted by Gasteiger charge is 2.20. The molecular formula is C77H150O6. The van der Waals surface area contributed by atoms with Gasteiger partial charge in [-0.15, -0.1) is 0 Å². The smallest absolute Gasteiger partial charge is 0.306 e. The topological polar surface area (TPSA) is 78.9 Å². The number of hydrogen-bond acceptors (Lipinski definition) is 6. The second-order valence-electron chi connectivity index (χ2n) is 26.6. The molecule has 0 aliphatic heterocycles. The molecular weight excluding hydrogens is 1020 g/mol. The molecule has 0 amide bonds. The predicted molar refractivity (Wildman–Crippen MR) is 363 cm³/mol. The minimum atomic E-state index is -0.764. The van der Waals surface area contributed by atoms with Crippen LogP contribution >= 0.6 is 0 Å². The molecule has 83 heavy (non-hydrogen) atoms. The summed E-state index contributed by atoms with van der Waals surface area (Å²) < 4.78 is 17.0. The molecule has 0 aromatic heterocycles. The summed E-state index contributed by atoms with van der Waals surface area (Å²) >= 11 is 0. The summed E-state index contributed by atoms with van der Waals surface area (Å²) in [5.74, 6) is -0.815. The first-order chi connectivity index (χ1) is 41.0. The van der Waals surface area contributed by atoms with Crippen molar-refractivity contribution in [3.63, 3.8) is 0 Å². The monoisotopic (exact) mass is 1170 g/mol. The third-order valence-electron chi connectivity index (χ3n) is 18.1. The van der Waals surface area contributed by atoms with Gasteiger partial charge in [-0.1, -0.05) is 419 Å². The number of unbranched alkanes of at least 4 members (excludes halogenated alkanes) is 62. The molecule has 1 unspecified atom stereocenters. The summed E-state index contributed by atoms with van der Waals surface area (Å²) in [4.78, 5) is 38.5. The van der Waals surface area contributed by atoms with Crippen molar-refractivity contribution in [2.75, 3.05) is 13.2 Å². The van der Waals surface area contributed by atoms with Crippen LogP contribution in [-0.2, 0) is 28.6 Å². The normalized spacial score (nSPS) is 11.9. The SMILES string of the molecule is CCCCCCCCCCCCCCCCCCCCCCCCCCCCCCCCCC(=O)OCC(COC(=O)CCCCCCCCCCCCCCCCCC)OC(=O)CCCCCCCCCCCCCCCCCCCC. The summed E-state index contributed by atoms with van der Waals surface area (Å²) in [6, 6.07) is 0. The van der Waals surface area contributed by atoms with Crippen LogP contribution in [0.4, 0.5) is 0 Å². The van der Waals surface area contributed by atoms with E-state index in [2.05, 4.69) is 20.8 Å². The molecule has 1 atom stereocenters. The third-order valence-corrected chi connectivity index (χ3v) is 18.1. The van der Waals surface area contributed by atoms with Crippen molar-refractivity contribution in [1.82, 2.24) is 0 Å². The van der Waals surface area contributed by atoms with Gasteiger partial charge < -0.3 is 14.2 Å². The molecule has 494 valence electrons. The zero-order valence-corrected chi connectivity index (χ0v) is 57.0. The Hall–Kier alpha value is -1.59. The lowest BCUT2D eigenvalue weighted by molar-refractivity contribution is -0.167. The van der Waals surface area contributed by atoms with Gasteiger partial charge in [0.15, 0.2) is 6.10 Å². The minimum Gasteiger partial charge on any atom is -0.462 e. The van der Waals surface area contributed by atoms with Crippen LogP contribution in [0.1, 0.15) is 457 Å². The third kappa shape index (κ3) is 71.1. The van der Waals surface area contributed by atoms with Gasteiger partial charge in [0.1, 0.15) is 13.2 Å². The molecule has 0 N–H and O–H groups in total. The van der Waals surface area contributed by atoms with Gasteiger partial charge in [-0.3, -0.25) is 14.4 Å². The summed E-state index contributed by atoms with van der Waals surface area (Å²) in [6.07, 6.45) is 87.3. The van der Waals surface area contributed by atoms with E-state index in [1.807, 2.05) is 0 Å². The molecule has 0 spiro atoms. The maximum Gasteiger partial charge on any atom is 0.306 e. The Morgan fingerprint density at radius 2 is 0.325 bits per heavy atom. The molecule has 0 fully saturated rings. The fourth-order valence-corrected chi connectivity index (χ4v) is 12.3. The first-order valence-electron chi connectivity index (χ1n) is 38.5. The van der Waals surface area contributed by atoms with Crippen LogP contribution in [0.3, 0.4) is 0 Å². The van der Waals surface area contributed by atoms with Crippen molar-refractivity contribution in [3.8, 4) is 0 Å². The number of rotatable bonds is 73. The Morgan fingerprint density at radius 3 is 0.482 bits per heavy atom. The minimum absolute atomic E-state index is 0.0599. The highest BCUT2D eigenvalue weighted by Crippen LogP contribution is 2.20. The van der Waals surface area contributed by atoms with E-state index in [4.69, 9.17) is 14.2 Å². The number of esters is 3. The van der Waals surface area contributed by atoms with Gasteiger partial charge in [0, 0.05) is 19.3 Å². The van der Waals surface area contributed by atoms with Crippen LogP contribution in [0.5, 0.6) is 0 Å². The van der Waals surface area contributed by atoms with E-state index < -0.39 is 6.10 Å². The Morgan fingerprint density at radius 1 is 0.193 bits per heavy atom. The summed E-state index contributed by atoms with van der Waals surface area (Å²) in [5, 5.41) is 0. The van der Waals surface area contributed by atoms with Crippen molar-refractivity contribution < 1.29 is 28.6 Å². The van der Waals surface area contributed by atoms with Crippen molar-refractivity contribution >= 4 is 17.9 Å². The molecule has 0 aliphatic rings. The molecule has 0 rings (SSSR count). The summed E-state index contributed by atoms with van der Waals surface area (Å²) in [7, 11) is 0. The number of ether oxygens (including phenoxy) is 3. The molecule has 0 aliphatic carbocycles. The molecule has 0 aromatic rings. The maximum atomic E-state index is 13.0. The van der Waals surface area contributed by atoms with E-state index in [9.17, 15) is 14.4 Å². The van der Waals surface area contributed by atoms with Crippen LogP contribution in [0, 0.1) is 0 Å². The lowest BCUT2D eigenvalue weighted by Gasteiger charge is -2.18. The molecule has 0 bridgehead atoms. The van der Waals surface area contributed by atoms with Crippen molar-refractivity contribution in [2.45, 2.75) is 463 Å². The first-order valence-corrected chi connectivity index (χ1v) is 38.5. The van der Waals surface area contributed by atoms with Gasteiger partial charge in [0.25, 0.3) is 0 Å². The lowest BCUT2D eigenvalue weighted by atomic mass is 10.0. The van der Waals surface area contributed by atoms with Gasteiger partial charge in [0.2, 0.25) is 0 Å². The van der Waals surface area contributed by atoms with Crippen LogP contribution in [0.15, 0.2) is 0 Å². The second-order valence-corrected chi connectivity index (χ2v) is 26.6. The zero-order valence-electron chi connectivity index (χ0n) is 57.0. The number of carbonyl (C=O) groups excluding carboxylic acids is 3. The highest BCUT2D eigenvalue weighted by atomic mass is 16.6. The molecule has 0 saturated heterocycles. The highest BCUT2D eigenvalue weighted by molar-refractivity contribution is 5.71. The standard InChI is InChI=1S/C77H150O6/c1-4-7-10-13-16-19-22-25-28-31-33-34-35-36-37-38-39-40-41-42-43-44-45-47-49-52-55-58-61-64-67-70-76(79)82-73-74(72-81-75(78)69-66-63-60-57-54-51-48-30-27-24-21-18-15-12-9-6-3)83-77(80)71-68-65-62-59-56-53-50-46-32-29-26-23-20-17-14-11-8-5-2/h74H,4-73H2,1-3H3. The molecule has 0 saturated carbocycles. The van der Waals surface area contributed by atoms with Gasteiger partial charge in [-0.05, 0) is 19.3 Å². The van der Waals surface area contributed by atoms with E-state index in [0.717, 1.165) is 57.8 Å². The van der Waals surface area contributed by atoms with Crippen molar-refractivity contribution in [2.24, 2.45) is 0 Å². The fraction of sp³-hybridized carbons (Fsp3) is 0.961. The number of carbonyl (C=O) groups is 3. The van der Waals surface area contributed by atoms with Crippen molar-refractivity contribution in [3.05, 3.63) is 0 Å².